The van der Waals surface area contributed by atoms with E-state index < -0.39 is 0 Å². The molecule has 1 fully saturated rings. The van der Waals surface area contributed by atoms with Gasteiger partial charge in [0.25, 0.3) is 5.89 Å². The summed E-state index contributed by atoms with van der Waals surface area (Å²) < 4.78 is 16.1. The normalized spacial score (nSPS) is 16.3. The maximum absolute atomic E-state index is 12.5. The fourth-order valence-electron chi connectivity index (χ4n) is 3.39. The quantitative estimate of drug-likeness (QED) is 0.609. The van der Waals surface area contributed by atoms with E-state index in [-0.39, 0.29) is 11.8 Å². The van der Waals surface area contributed by atoms with Gasteiger partial charge in [0.05, 0.1) is 19.8 Å². The summed E-state index contributed by atoms with van der Waals surface area (Å²) in [5.41, 5.74) is 1.70. The number of aromatic nitrogens is 2. The van der Waals surface area contributed by atoms with E-state index >= 15 is 0 Å². The predicted molar refractivity (Wildman–Crippen MR) is 107 cm³/mol. The van der Waals surface area contributed by atoms with Crippen LogP contribution in [0.3, 0.4) is 0 Å². The summed E-state index contributed by atoms with van der Waals surface area (Å²) in [7, 11) is 3.16. The maximum atomic E-state index is 12.5. The van der Waals surface area contributed by atoms with Gasteiger partial charge in [0.1, 0.15) is 11.5 Å². The molecular weight excluding hydrogens is 394 g/mol. The Labute approximate surface area is 173 Å². The number of nitrogens with zero attached hydrogens (tertiary/aromatic N) is 3. The number of carbonyl (C=O) groups excluding carboxylic acids is 1. The summed E-state index contributed by atoms with van der Waals surface area (Å²) >= 11 is 5.93. The Hall–Kier alpha value is -3.06. The van der Waals surface area contributed by atoms with E-state index in [2.05, 4.69) is 10.1 Å². The van der Waals surface area contributed by atoms with Crippen LogP contribution < -0.4 is 9.47 Å². The summed E-state index contributed by atoms with van der Waals surface area (Å²) in [6.45, 7) is 1.07. The zero-order valence-corrected chi connectivity index (χ0v) is 16.8. The van der Waals surface area contributed by atoms with Gasteiger partial charge in [-0.1, -0.05) is 28.9 Å². The molecule has 2 heterocycles. The summed E-state index contributed by atoms with van der Waals surface area (Å²) in [6, 6.07) is 12.9. The molecule has 1 aliphatic rings. The molecule has 0 spiro atoms. The number of benzene rings is 2. The molecule has 150 valence electrons. The van der Waals surface area contributed by atoms with Crippen LogP contribution in [0.25, 0.3) is 11.5 Å². The van der Waals surface area contributed by atoms with Crippen LogP contribution in [0.1, 0.15) is 23.7 Å². The second-order valence-corrected chi connectivity index (χ2v) is 7.26. The highest BCUT2D eigenvalue weighted by molar-refractivity contribution is 6.30. The molecule has 1 saturated heterocycles. The van der Waals surface area contributed by atoms with E-state index in [1.165, 1.54) is 0 Å². The van der Waals surface area contributed by atoms with E-state index in [4.69, 9.17) is 25.6 Å². The van der Waals surface area contributed by atoms with Crippen LogP contribution in [-0.2, 0) is 11.3 Å². The molecule has 1 unspecified atom stereocenters. The van der Waals surface area contributed by atoms with Gasteiger partial charge >= 0.3 is 0 Å². The Balaban J connectivity index is 1.50. The van der Waals surface area contributed by atoms with Crippen molar-refractivity contribution < 1.29 is 18.8 Å². The summed E-state index contributed by atoms with van der Waals surface area (Å²) in [5.74, 6) is 2.07. The van der Waals surface area contributed by atoms with Crippen molar-refractivity contribution in [1.82, 2.24) is 15.0 Å². The minimum atomic E-state index is -0.114. The lowest BCUT2D eigenvalue weighted by Gasteiger charge is -2.16. The molecule has 0 aliphatic carbocycles. The molecule has 29 heavy (non-hydrogen) atoms. The minimum absolute atomic E-state index is 0.0679. The molecule has 0 saturated carbocycles. The van der Waals surface area contributed by atoms with E-state index in [1.54, 1.807) is 31.3 Å². The van der Waals surface area contributed by atoms with E-state index in [1.807, 2.05) is 30.3 Å². The van der Waals surface area contributed by atoms with Crippen molar-refractivity contribution in [1.29, 1.82) is 0 Å². The van der Waals surface area contributed by atoms with E-state index in [0.717, 1.165) is 5.56 Å². The van der Waals surface area contributed by atoms with Gasteiger partial charge < -0.3 is 18.9 Å². The molecule has 1 aromatic heterocycles. The number of amides is 1. The standard InChI is InChI=1S/C21H20ClN3O4/c1-27-16-7-8-17(18(10-16)28-2)21-23-20(24-29-21)14-9-19(26)25(12-14)11-13-3-5-15(22)6-4-13/h3-8,10,14H,9,11-12H2,1-2H3. The van der Waals surface area contributed by atoms with Crippen LogP contribution in [0.15, 0.2) is 47.0 Å². The van der Waals surface area contributed by atoms with Crippen molar-refractivity contribution in [2.24, 2.45) is 0 Å². The molecule has 0 bridgehead atoms. The fraction of sp³-hybridized carbons (Fsp3) is 0.286. The molecule has 0 N–H and O–H groups in total. The number of halogens is 1. The van der Waals surface area contributed by atoms with Crippen molar-refractivity contribution >= 4 is 17.5 Å². The van der Waals surface area contributed by atoms with E-state index in [0.29, 0.717) is 53.3 Å². The number of methoxy groups -OCH3 is 2. The van der Waals surface area contributed by atoms with Crippen molar-refractivity contribution in [2.75, 3.05) is 20.8 Å². The van der Waals surface area contributed by atoms with Crippen LogP contribution in [-0.4, -0.2) is 41.7 Å². The Bertz CT molecular complexity index is 1020. The predicted octanol–water partition coefficient (Wildman–Crippen LogP) is 3.92. The molecule has 4 rings (SSSR count). The van der Waals surface area contributed by atoms with Gasteiger partial charge in [0, 0.05) is 36.5 Å². The number of rotatable bonds is 6. The third-order valence-electron chi connectivity index (χ3n) is 4.95. The fourth-order valence-corrected chi connectivity index (χ4v) is 3.52. The van der Waals surface area contributed by atoms with Crippen molar-refractivity contribution in [3.05, 3.63) is 58.9 Å². The van der Waals surface area contributed by atoms with Crippen LogP contribution >= 0.6 is 11.6 Å². The molecule has 1 aliphatic heterocycles. The molecule has 1 atom stereocenters. The number of hydrogen-bond donors (Lipinski definition) is 0. The van der Waals surface area contributed by atoms with E-state index in [9.17, 15) is 4.79 Å². The topological polar surface area (TPSA) is 77.7 Å². The zero-order chi connectivity index (χ0) is 20.4. The Morgan fingerprint density at radius 1 is 1.17 bits per heavy atom. The Morgan fingerprint density at radius 2 is 1.97 bits per heavy atom. The summed E-state index contributed by atoms with van der Waals surface area (Å²) in [6.07, 6.45) is 0.353. The highest BCUT2D eigenvalue weighted by Crippen LogP contribution is 2.34. The second-order valence-electron chi connectivity index (χ2n) is 6.83. The number of carbonyl (C=O) groups is 1. The lowest BCUT2D eigenvalue weighted by atomic mass is 10.1. The van der Waals surface area contributed by atoms with Gasteiger partial charge in [-0.2, -0.15) is 4.98 Å². The van der Waals surface area contributed by atoms with Crippen LogP contribution in [0.2, 0.25) is 5.02 Å². The average molecular weight is 414 g/mol. The largest absolute Gasteiger partial charge is 0.497 e. The monoisotopic (exact) mass is 413 g/mol. The van der Waals surface area contributed by atoms with Gasteiger partial charge in [-0.15, -0.1) is 0 Å². The molecule has 0 radical (unpaired) electrons. The summed E-state index contributed by atoms with van der Waals surface area (Å²) in [5, 5.41) is 4.78. The summed E-state index contributed by atoms with van der Waals surface area (Å²) in [4.78, 5) is 18.8. The second kappa shape index (κ2) is 8.13. The molecule has 1 amide bonds. The van der Waals surface area contributed by atoms with Crippen molar-refractivity contribution in [2.45, 2.75) is 18.9 Å². The highest BCUT2D eigenvalue weighted by Gasteiger charge is 2.34. The SMILES string of the molecule is COc1ccc(-c2nc(C3CC(=O)N(Cc4ccc(Cl)cc4)C3)no2)c(OC)c1. The molecule has 7 nitrogen and oxygen atoms in total. The first-order valence-corrected chi connectivity index (χ1v) is 9.53. The van der Waals surface area contributed by atoms with Gasteiger partial charge in [-0.3, -0.25) is 4.79 Å². The maximum Gasteiger partial charge on any atom is 0.261 e. The molecule has 8 heteroatoms. The third kappa shape index (κ3) is 4.05. The number of hydrogen-bond acceptors (Lipinski definition) is 6. The van der Waals surface area contributed by atoms with Crippen LogP contribution in [0.5, 0.6) is 11.5 Å². The number of likely N-dealkylation sites (tertiary alicyclic amines) is 1. The molecule has 2 aromatic carbocycles. The lowest BCUT2D eigenvalue weighted by Crippen LogP contribution is -2.24. The third-order valence-corrected chi connectivity index (χ3v) is 5.20. The smallest absolute Gasteiger partial charge is 0.261 e. The van der Waals surface area contributed by atoms with Gasteiger partial charge in [0.2, 0.25) is 5.91 Å². The Morgan fingerprint density at radius 3 is 2.69 bits per heavy atom. The Kier molecular flexibility index (Phi) is 5.40. The highest BCUT2D eigenvalue weighted by atomic mass is 35.5. The van der Waals surface area contributed by atoms with Crippen molar-refractivity contribution in [3.8, 4) is 23.0 Å². The lowest BCUT2D eigenvalue weighted by molar-refractivity contribution is -0.128. The first-order valence-electron chi connectivity index (χ1n) is 9.15. The average Bonchev–Trinajstić information content (AvgIpc) is 3.36. The van der Waals surface area contributed by atoms with Gasteiger partial charge in [-0.25, -0.2) is 0 Å². The molecule has 3 aromatic rings. The molecular formula is C21H20ClN3O4. The van der Waals surface area contributed by atoms with Crippen molar-refractivity contribution in [3.63, 3.8) is 0 Å². The van der Waals surface area contributed by atoms with Crippen LogP contribution in [0, 0.1) is 0 Å². The van der Waals surface area contributed by atoms with Gasteiger partial charge in [0.15, 0.2) is 5.82 Å². The van der Waals surface area contributed by atoms with Gasteiger partial charge in [-0.05, 0) is 29.8 Å². The first kappa shape index (κ1) is 19.3. The number of ether oxygens (including phenoxy) is 2. The zero-order valence-electron chi connectivity index (χ0n) is 16.1. The first-order chi connectivity index (χ1) is 14.1. The van der Waals surface area contributed by atoms with Crippen LogP contribution in [0.4, 0.5) is 0 Å². The minimum Gasteiger partial charge on any atom is -0.497 e.